The lowest BCUT2D eigenvalue weighted by Crippen LogP contribution is -2.25. The van der Waals surface area contributed by atoms with Gasteiger partial charge in [0.25, 0.3) is 0 Å². The Morgan fingerprint density at radius 3 is 2.10 bits per heavy atom. The number of unbranched alkanes of at least 4 members (excludes halogenated alkanes) is 1. The molecule has 0 saturated heterocycles. The van der Waals surface area contributed by atoms with Crippen LogP contribution in [0.2, 0.25) is 0 Å². The molecule has 4 heteroatoms. The largest absolute Gasteiger partial charge is 0.463 e. The first-order valence-electron chi connectivity index (χ1n) is 8.68. The molecule has 21 heavy (non-hydrogen) atoms. The van der Waals surface area contributed by atoms with Crippen molar-refractivity contribution >= 4 is 5.97 Å². The minimum absolute atomic E-state index is 0.0486. The second kappa shape index (κ2) is 10.2. The molecule has 2 rings (SSSR count). The quantitative estimate of drug-likeness (QED) is 0.409. The van der Waals surface area contributed by atoms with Crippen molar-refractivity contribution in [3.63, 3.8) is 0 Å². The Kier molecular flexibility index (Phi) is 8.12. The summed E-state index contributed by atoms with van der Waals surface area (Å²) in [7, 11) is 0. The van der Waals surface area contributed by atoms with Gasteiger partial charge in [-0.3, -0.25) is 4.79 Å². The van der Waals surface area contributed by atoms with Gasteiger partial charge in [0.05, 0.1) is 25.7 Å². The van der Waals surface area contributed by atoms with Gasteiger partial charge in [-0.15, -0.1) is 0 Å². The van der Waals surface area contributed by atoms with Crippen LogP contribution in [0.3, 0.4) is 0 Å². The van der Waals surface area contributed by atoms with Crippen molar-refractivity contribution in [2.45, 2.75) is 57.8 Å². The van der Waals surface area contributed by atoms with Gasteiger partial charge >= 0.3 is 5.97 Å². The molecule has 0 N–H and O–H groups in total. The molecule has 0 atom stereocenters. The van der Waals surface area contributed by atoms with Gasteiger partial charge in [-0.2, -0.15) is 0 Å². The molecule has 0 aromatic carbocycles. The van der Waals surface area contributed by atoms with Gasteiger partial charge in [0.1, 0.15) is 6.61 Å². The standard InChI is InChI=1S/C17H30O4/c18-17(16-8-4-9-16)21-14-13-20-12-11-19-10-2-1-5-15-6-3-7-15/h15-16H,1-14H2. The van der Waals surface area contributed by atoms with Crippen LogP contribution in [0.15, 0.2) is 0 Å². The molecule has 0 aliphatic heterocycles. The highest BCUT2D eigenvalue weighted by Crippen LogP contribution is 2.30. The smallest absolute Gasteiger partial charge is 0.309 e. The van der Waals surface area contributed by atoms with Crippen LogP contribution in [0.4, 0.5) is 0 Å². The van der Waals surface area contributed by atoms with Crippen LogP contribution in [0.25, 0.3) is 0 Å². The Balaban J connectivity index is 1.25. The number of carbonyl (C=O) groups excluding carboxylic acids is 1. The summed E-state index contributed by atoms with van der Waals surface area (Å²) in [6.07, 6.45) is 11.3. The third kappa shape index (κ3) is 6.79. The lowest BCUT2D eigenvalue weighted by atomic mass is 9.82. The molecule has 2 aliphatic carbocycles. The number of carbonyl (C=O) groups is 1. The summed E-state index contributed by atoms with van der Waals surface area (Å²) in [6.45, 7) is 2.91. The van der Waals surface area contributed by atoms with Crippen LogP contribution >= 0.6 is 0 Å². The summed E-state index contributed by atoms with van der Waals surface area (Å²) in [5.41, 5.74) is 0. The Morgan fingerprint density at radius 1 is 0.810 bits per heavy atom. The Morgan fingerprint density at radius 2 is 1.48 bits per heavy atom. The van der Waals surface area contributed by atoms with Gasteiger partial charge < -0.3 is 14.2 Å². The topological polar surface area (TPSA) is 44.8 Å². The fourth-order valence-electron chi connectivity index (χ4n) is 2.70. The van der Waals surface area contributed by atoms with E-state index in [1.807, 2.05) is 0 Å². The van der Waals surface area contributed by atoms with E-state index in [1.165, 1.54) is 32.1 Å². The highest BCUT2D eigenvalue weighted by atomic mass is 16.6. The molecule has 0 aromatic heterocycles. The van der Waals surface area contributed by atoms with Crippen molar-refractivity contribution < 1.29 is 19.0 Å². The predicted octanol–water partition coefficient (Wildman–Crippen LogP) is 3.33. The van der Waals surface area contributed by atoms with Crippen LogP contribution in [-0.2, 0) is 19.0 Å². The maximum absolute atomic E-state index is 11.4. The van der Waals surface area contributed by atoms with E-state index in [0.717, 1.165) is 38.2 Å². The van der Waals surface area contributed by atoms with Gasteiger partial charge in [0, 0.05) is 6.61 Å². The number of rotatable bonds is 12. The first-order chi connectivity index (χ1) is 10.4. The van der Waals surface area contributed by atoms with E-state index in [9.17, 15) is 4.79 Å². The third-order valence-corrected chi connectivity index (χ3v) is 4.66. The second-order valence-corrected chi connectivity index (χ2v) is 6.31. The van der Waals surface area contributed by atoms with Gasteiger partial charge in [0.15, 0.2) is 0 Å². The fourth-order valence-corrected chi connectivity index (χ4v) is 2.70. The van der Waals surface area contributed by atoms with E-state index in [0.29, 0.717) is 26.4 Å². The van der Waals surface area contributed by atoms with Crippen LogP contribution in [0.1, 0.15) is 57.8 Å². The molecule has 0 heterocycles. The van der Waals surface area contributed by atoms with E-state index >= 15 is 0 Å². The Hall–Kier alpha value is -0.610. The monoisotopic (exact) mass is 298 g/mol. The number of hydrogen-bond acceptors (Lipinski definition) is 4. The van der Waals surface area contributed by atoms with E-state index in [4.69, 9.17) is 14.2 Å². The molecule has 122 valence electrons. The van der Waals surface area contributed by atoms with Crippen molar-refractivity contribution in [1.29, 1.82) is 0 Å². The molecule has 0 unspecified atom stereocenters. The van der Waals surface area contributed by atoms with Crippen molar-refractivity contribution in [1.82, 2.24) is 0 Å². The number of hydrogen-bond donors (Lipinski definition) is 0. The molecular formula is C17H30O4. The van der Waals surface area contributed by atoms with Crippen molar-refractivity contribution in [2.75, 3.05) is 33.0 Å². The molecule has 0 radical (unpaired) electrons. The lowest BCUT2D eigenvalue weighted by Gasteiger charge is -2.24. The fraction of sp³-hybridized carbons (Fsp3) is 0.941. The van der Waals surface area contributed by atoms with Gasteiger partial charge in [-0.25, -0.2) is 0 Å². The molecule has 4 nitrogen and oxygen atoms in total. The van der Waals surface area contributed by atoms with Gasteiger partial charge in [-0.1, -0.05) is 38.5 Å². The van der Waals surface area contributed by atoms with Crippen LogP contribution in [-0.4, -0.2) is 39.0 Å². The van der Waals surface area contributed by atoms with E-state index in [2.05, 4.69) is 0 Å². The maximum Gasteiger partial charge on any atom is 0.309 e. The normalized spacial score (nSPS) is 19.0. The summed E-state index contributed by atoms with van der Waals surface area (Å²) in [5, 5.41) is 0. The zero-order chi connectivity index (χ0) is 14.8. The van der Waals surface area contributed by atoms with E-state index in [1.54, 1.807) is 0 Å². The van der Waals surface area contributed by atoms with E-state index < -0.39 is 0 Å². The summed E-state index contributed by atoms with van der Waals surface area (Å²) in [6, 6.07) is 0. The van der Waals surface area contributed by atoms with Crippen molar-refractivity contribution in [2.24, 2.45) is 11.8 Å². The summed E-state index contributed by atoms with van der Waals surface area (Å²) >= 11 is 0. The zero-order valence-corrected chi connectivity index (χ0v) is 13.2. The minimum atomic E-state index is -0.0486. The van der Waals surface area contributed by atoms with Gasteiger partial charge in [-0.05, 0) is 25.2 Å². The Labute approximate surface area is 128 Å². The number of ether oxygens (including phenoxy) is 3. The SMILES string of the molecule is O=C(OCCOCCOCCCCC1CCC1)C1CCC1. The zero-order valence-electron chi connectivity index (χ0n) is 13.2. The maximum atomic E-state index is 11.4. The van der Waals surface area contributed by atoms with Gasteiger partial charge in [0.2, 0.25) is 0 Å². The second-order valence-electron chi connectivity index (χ2n) is 6.31. The molecular weight excluding hydrogens is 268 g/mol. The molecule has 0 aromatic rings. The van der Waals surface area contributed by atoms with Crippen molar-refractivity contribution in [3.8, 4) is 0 Å². The van der Waals surface area contributed by atoms with E-state index in [-0.39, 0.29) is 11.9 Å². The first kappa shape index (κ1) is 16.8. The number of esters is 1. The van der Waals surface area contributed by atoms with Crippen LogP contribution in [0.5, 0.6) is 0 Å². The highest BCUT2D eigenvalue weighted by molar-refractivity contribution is 5.73. The van der Waals surface area contributed by atoms with Crippen molar-refractivity contribution in [3.05, 3.63) is 0 Å². The predicted molar refractivity (Wildman–Crippen MR) is 81.1 cm³/mol. The lowest BCUT2D eigenvalue weighted by molar-refractivity contribution is -0.153. The Bertz CT molecular complexity index is 285. The van der Waals surface area contributed by atoms with Crippen LogP contribution < -0.4 is 0 Å². The molecule has 0 bridgehead atoms. The summed E-state index contributed by atoms with van der Waals surface area (Å²) in [5.74, 6) is 1.12. The highest BCUT2D eigenvalue weighted by Gasteiger charge is 2.26. The average Bonchev–Trinajstić information content (AvgIpc) is 2.36. The molecule has 2 fully saturated rings. The molecule has 0 amide bonds. The summed E-state index contributed by atoms with van der Waals surface area (Å²) < 4.78 is 16.1. The first-order valence-corrected chi connectivity index (χ1v) is 8.68. The third-order valence-electron chi connectivity index (χ3n) is 4.66. The average molecular weight is 298 g/mol. The molecule has 2 saturated carbocycles. The molecule has 0 spiro atoms. The molecule has 2 aliphatic rings. The minimum Gasteiger partial charge on any atom is -0.463 e. The summed E-state index contributed by atoms with van der Waals surface area (Å²) in [4.78, 5) is 11.4. The van der Waals surface area contributed by atoms with Crippen LogP contribution in [0, 0.1) is 11.8 Å².